The van der Waals surface area contributed by atoms with Crippen molar-refractivity contribution in [2.45, 2.75) is 6.04 Å². The third-order valence-electron chi connectivity index (χ3n) is 4.44. The average Bonchev–Trinajstić information content (AvgIpc) is 2.54. The molecule has 1 atom stereocenters. The minimum absolute atomic E-state index is 0.603. The van der Waals surface area contributed by atoms with Gasteiger partial charge in [0.25, 0.3) is 0 Å². The van der Waals surface area contributed by atoms with Crippen LogP contribution in [0.3, 0.4) is 0 Å². The van der Waals surface area contributed by atoms with Crippen LogP contribution in [0.4, 0.5) is 5.82 Å². The molecule has 0 spiro atoms. The topological polar surface area (TPSA) is 44.3 Å². The molecule has 3 aliphatic heterocycles. The summed E-state index contributed by atoms with van der Waals surface area (Å²) >= 11 is 0. The third-order valence-corrected chi connectivity index (χ3v) is 4.44. The van der Waals surface area contributed by atoms with E-state index in [1.807, 2.05) is 18.2 Å². The normalized spacial score (nSPS) is 28.7. The number of rotatable bonds is 3. The molecule has 20 heavy (non-hydrogen) atoms. The molecule has 5 rings (SSSR count). The third kappa shape index (κ3) is 2.13. The molecule has 1 aromatic heterocycles. The molecule has 0 aliphatic carbocycles. The van der Waals surface area contributed by atoms with Crippen LogP contribution in [0.2, 0.25) is 0 Å². The van der Waals surface area contributed by atoms with Crippen molar-refractivity contribution in [1.82, 2.24) is 19.8 Å². The summed E-state index contributed by atoms with van der Waals surface area (Å²) in [5.41, 5.74) is 0.999. The van der Waals surface area contributed by atoms with Crippen molar-refractivity contribution in [3.8, 4) is 0 Å². The molecule has 3 aliphatic rings. The standard InChI is InChI=1S/C15H19N5/c1-2-4-14-13(3-1)15(18-11-17-14)16-9-12-10-19-5-7-20(12)8-6-19/h1-4,11-12H,5-10H2,(H,16,17,18). The zero-order chi connectivity index (χ0) is 13.4. The van der Waals surface area contributed by atoms with Gasteiger partial charge in [-0.05, 0) is 12.1 Å². The van der Waals surface area contributed by atoms with E-state index in [1.54, 1.807) is 6.33 Å². The van der Waals surface area contributed by atoms with Gasteiger partial charge in [0.1, 0.15) is 12.1 Å². The van der Waals surface area contributed by atoms with Crippen molar-refractivity contribution in [2.24, 2.45) is 0 Å². The van der Waals surface area contributed by atoms with Gasteiger partial charge in [-0.2, -0.15) is 0 Å². The zero-order valence-electron chi connectivity index (χ0n) is 11.5. The minimum atomic E-state index is 0.603. The number of piperazine rings is 3. The van der Waals surface area contributed by atoms with Crippen LogP contribution in [0.1, 0.15) is 0 Å². The van der Waals surface area contributed by atoms with E-state index in [4.69, 9.17) is 0 Å². The summed E-state index contributed by atoms with van der Waals surface area (Å²) in [5.74, 6) is 0.952. The molecular formula is C15H19N5. The second-order valence-electron chi connectivity index (χ2n) is 5.61. The van der Waals surface area contributed by atoms with Crippen LogP contribution in [-0.4, -0.2) is 65.1 Å². The maximum atomic E-state index is 4.40. The zero-order valence-corrected chi connectivity index (χ0v) is 11.5. The molecule has 3 fully saturated rings. The fourth-order valence-corrected chi connectivity index (χ4v) is 3.28. The molecule has 2 bridgehead atoms. The van der Waals surface area contributed by atoms with E-state index in [2.05, 4.69) is 31.2 Å². The van der Waals surface area contributed by atoms with Crippen molar-refractivity contribution >= 4 is 16.7 Å². The largest absolute Gasteiger partial charge is 0.368 e. The Labute approximate surface area is 118 Å². The van der Waals surface area contributed by atoms with Crippen LogP contribution < -0.4 is 5.32 Å². The summed E-state index contributed by atoms with van der Waals surface area (Å²) in [5, 5.41) is 4.63. The first-order valence-electron chi connectivity index (χ1n) is 7.30. The van der Waals surface area contributed by atoms with Gasteiger partial charge in [0.15, 0.2) is 0 Å². The van der Waals surface area contributed by atoms with Gasteiger partial charge in [-0.15, -0.1) is 0 Å². The number of fused-ring (bicyclic) bond motifs is 4. The van der Waals surface area contributed by atoms with E-state index in [1.165, 1.54) is 32.7 Å². The highest BCUT2D eigenvalue weighted by atomic mass is 15.3. The van der Waals surface area contributed by atoms with Crippen molar-refractivity contribution in [1.29, 1.82) is 0 Å². The van der Waals surface area contributed by atoms with Crippen LogP contribution in [0.15, 0.2) is 30.6 Å². The van der Waals surface area contributed by atoms with Crippen LogP contribution in [0.25, 0.3) is 10.9 Å². The van der Waals surface area contributed by atoms with Gasteiger partial charge in [-0.25, -0.2) is 9.97 Å². The molecular weight excluding hydrogens is 250 g/mol. The highest BCUT2D eigenvalue weighted by Crippen LogP contribution is 2.20. The second-order valence-corrected chi connectivity index (χ2v) is 5.61. The molecule has 3 saturated heterocycles. The molecule has 0 radical (unpaired) electrons. The van der Waals surface area contributed by atoms with Crippen LogP contribution in [0.5, 0.6) is 0 Å². The summed E-state index contributed by atoms with van der Waals surface area (Å²) in [7, 11) is 0. The monoisotopic (exact) mass is 269 g/mol. The molecule has 0 saturated carbocycles. The Morgan fingerprint density at radius 2 is 1.95 bits per heavy atom. The van der Waals surface area contributed by atoms with E-state index in [0.717, 1.165) is 23.3 Å². The number of benzene rings is 1. The Balaban J connectivity index is 1.51. The molecule has 0 amide bonds. The van der Waals surface area contributed by atoms with E-state index in [0.29, 0.717) is 6.04 Å². The number of hydrogen-bond acceptors (Lipinski definition) is 5. The van der Waals surface area contributed by atoms with E-state index in [9.17, 15) is 0 Å². The van der Waals surface area contributed by atoms with Gasteiger partial charge in [0.2, 0.25) is 0 Å². The Kier molecular flexibility index (Phi) is 3.01. The lowest BCUT2D eigenvalue weighted by Gasteiger charge is -2.47. The predicted molar refractivity (Wildman–Crippen MR) is 79.8 cm³/mol. The smallest absolute Gasteiger partial charge is 0.137 e. The average molecular weight is 269 g/mol. The number of para-hydroxylation sites is 1. The van der Waals surface area contributed by atoms with Crippen molar-refractivity contribution in [2.75, 3.05) is 44.6 Å². The lowest BCUT2D eigenvalue weighted by molar-refractivity contribution is 0.0189. The van der Waals surface area contributed by atoms with Gasteiger partial charge >= 0.3 is 0 Å². The maximum absolute atomic E-state index is 4.40. The van der Waals surface area contributed by atoms with Gasteiger partial charge in [0.05, 0.1) is 5.52 Å². The summed E-state index contributed by atoms with van der Waals surface area (Å²) in [6.07, 6.45) is 1.64. The molecule has 5 heteroatoms. The number of nitrogens with zero attached hydrogens (tertiary/aromatic N) is 4. The first-order valence-corrected chi connectivity index (χ1v) is 7.30. The first kappa shape index (κ1) is 12.1. The fraction of sp³-hybridized carbons (Fsp3) is 0.467. The molecule has 2 aromatic rings. The SMILES string of the molecule is c1ccc2c(NCC3CN4CCN3CC4)ncnc2c1. The summed E-state index contributed by atoms with van der Waals surface area (Å²) in [6.45, 7) is 7.00. The predicted octanol–water partition coefficient (Wildman–Crippen LogP) is 1.04. The highest BCUT2D eigenvalue weighted by molar-refractivity contribution is 5.88. The number of aromatic nitrogens is 2. The number of anilines is 1. The lowest BCUT2D eigenvalue weighted by atomic mass is 10.1. The second kappa shape index (κ2) is 5.00. The van der Waals surface area contributed by atoms with Gasteiger partial charge in [0, 0.05) is 50.7 Å². The van der Waals surface area contributed by atoms with Crippen LogP contribution in [-0.2, 0) is 0 Å². The maximum Gasteiger partial charge on any atom is 0.137 e. The Bertz CT molecular complexity index is 601. The molecule has 5 nitrogen and oxygen atoms in total. The van der Waals surface area contributed by atoms with E-state index in [-0.39, 0.29) is 0 Å². The van der Waals surface area contributed by atoms with Crippen molar-refractivity contribution < 1.29 is 0 Å². The van der Waals surface area contributed by atoms with Crippen molar-refractivity contribution in [3.63, 3.8) is 0 Å². The minimum Gasteiger partial charge on any atom is -0.368 e. The van der Waals surface area contributed by atoms with E-state index >= 15 is 0 Å². The van der Waals surface area contributed by atoms with Gasteiger partial charge < -0.3 is 5.32 Å². The lowest BCUT2D eigenvalue weighted by Crippen LogP contribution is -2.62. The number of nitrogens with one attached hydrogen (secondary N) is 1. The molecule has 1 aromatic carbocycles. The van der Waals surface area contributed by atoms with E-state index < -0.39 is 0 Å². The summed E-state index contributed by atoms with van der Waals surface area (Å²) in [6, 6.07) is 8.76. The molecule has 4 heterocycles. The van der Waals surface area contributed by atoms with Gasteiger partial charge in [-0.3, -0.25) is 9.80 Å². The Morgan fingerprint density at radius 3 is 2.75 bits per heavy atom. The van der Waals surface area contributed by atoms with Crippen LogP contribution in [0, 0.1) is 0 Å². The van der Waals surface area contributed by atoms with Gasteiger partial charge in [-0.1, -0.05) is 12.1 Å². The quantitative estimate of drug-likeness (QED) is 0.902. The summed E-state index contributed by atoms with van der Waals surface area (Å²) < 4.78 is 0. The number of hydrogen-bond donors (Lipinski definition) is 1. The first-order chi connectivity index (χ1) is 9.90. The summed E-state index contributed by atoms with van der Waals surface area (Å²) in [4.78, 5) is 13.9. The van der Waals surface area contributed by atoms with Crippen molar-refractivity contribution in [3.05, 3.63) is 30.6 Å². The Hall–Kier alpha value is -1.72. The molecule has 1 unspecified atom stereocenters. The fourth-order valence-electron chi connectivity index (χ4n) is 3.28. The van der Waals surface area contributed by atoms with Crippen LogP contribution >= 0.6 is 0 Å². The molecule has 1 N–H and O–H groups in total. The molecule has 104 valence electrons. The highest BCUT2D eigenvalue weighted by Gasteiger charge is 2.31. The Morgan fingerprint density at radius 1 is 1.10 bits per heavy atom.